The highest BCUT2D eigenvalue weighted by Crippen LogP contribution is 2.13. The Balaban J connectivity index is 1.91. The predicted molar refractivity (Wildman–Crippen MR) is 89.7 cm³/mol. The molecule has 3 heteroatoms. The summed E-state index contributed by atoms with van der Waals surface area (Å²) in [5.41, 5.74) is 5.13. The van der Waals surface area contributed by atoms with Crippen molar-refractivity contribution in [3.8, 4) is 5.69 Å². The molecule has 0 radical (unpaired) electrons. The SMILES string of the molecule is Cc1ccccc1-n1[nH]c(C)c(CCc2ccccc2)c1=O. The van der Waals surface area contributed by atoms with Crippen LogP contribution in [0.5, 0.6) is 0 Å². The summed E-state index contributed by atoms with van der Waals surface area (Å²) in [6.07, 6.45) is 1.63. The molecule has 0 saturated heterocycles. The number of hydrogen-bond acceptors (Lipinski definition) is 1. The third kappa shape index (κ3) is 2.75. The summed E-state index contributed by atoms with van der Waals surface area (Å²) in [4.78, 5) is 12.7. The molecule has 1 aromatic heterocycles. The van der Waals surface area contributed by atoms with Crippen LogP contribution >= 0.6 is 0 Å². The van der Waals surface area contributed by atoms with Crippen molar-refractivity contribution in [3.05, 3.63) is 87.3 Å². The van der Waals surface area contributed by atoms with Gasteiger partial charge in [-0.05, 0) is 43.9 Å². The molecule has 3 aromatic rings. The van der Waals surface area contributed by atoms with Crippen LogP contribution in [0.25, 0.3) is 5.69 Å². The topological polar surface area (TPSA) is 37.8 Å². The third-order valence-corrected chi connectivity index (χ3v) is 4.06. The lowest BCUT2D eigenvalue weighted by Crippen LogP contribution is -2.18. The second kappa shape index (κ2) is 6.06. The molecule has 1 heterocycles. The number of nitrogens with zero attached hydrogens (tertiary/aromatic N) is 1. The van der Waals surface area contributed by atoms with Crippen LogP contribution in [-0.2, 0) is 12.8 Å². The van der Waals surface area contributed by atoms with Crippen LogP contribution < -0.4 is 5.56 Å². The highest BCUT2D eigenvalue weighted by Gasteiger charge is 2.13. The van der Waals surface area contributed by atoms with Crippen molar-refractivity contribution in [2.24, 2.45) is 0 Å². The molecule has 22 heavy (non-hydrogen) atoms. The van der Waals surface area contributed by atoms with Crippen molar-refractivity contribution >= 4 is 0 Å². The summed E-state index contributed by atoms with van der Waals surface area (Å²) >= 11 is 0. The number of aromatic nitrogens is 2. The Morgan fingerprint density at radius 2 is 1.59 bits per heavy atom. The zero-order valence-electron chi connectivity index (χ0n) is 13.0. The lowest BCUT2D eigenvalue weighted by molar-refractivity contribution is 0.827. The number of hydrogen-bond donors (Lipinski definition) is 1. The smallest absolute Gasteiger partial charge is 0.274 e. The second-order valence-electron chi connectivity index (χ2n) is 5.63. The maximum Gasteiger partial charge on any atom is 0.274 e. The Morgan fingerprint density at radius 3 is 2.32 bits per heavy atom. The van der Waals surface area contributed by atoms with Crippen molar-refractivity contribution in [3.63, 3.8) is 0 Å². The first-order valence-electron chi connectivity index (χ1n) is 7.57. The van der Waals surface area contributed by atoms with E-state index in [2.05, 4.69) is 17.2 Å². The standard InChI is InChI=1S/C19H20N2O/c1-14-8-6-7-11-18(14)21-19(22)17(15(2)20-21)13-12-16-9-4-3-5-10-16/h3-11,20H,12-13H2,1-2H3. The molecule has 0 aliphatic heterocycles. The van der Waals surface area contributed by atoms with Gasteiger partial charge in [-0.15, -0.1) is 0 Å². The molecule has 0 saturated carbocycles. The molecular weight excluding hydrogens is 272 g/mol. The van der Waals surface area contributed by atoms with E-state index in [-0.39, 0.29) is 5.56 Å². The van der Waals surface area contributed by atoms with Gasteiger partial charge in [-0.3, -0.25) is 9.89 Å². The van der Waals surface area contributed by atoms with Gasteiger partial charge in [-0.2, -0.15) is 0 Å². The zero-order chi connectivity index (χ0) is 15.5. The summed E-state index contributed by atoms with van der Waals surface area (Å²) in [6.45, 7) is 3.98. The average Bonchev–Trinajstić information content (AvgIpc) is 2.81. The fourth-order valence-corrected chi connectivity index (χ4v) is 2.77. The largest absolute Gasteiger partial charge is 0.295 e. The van der Waals surface area contributed by atoms with Gasteiger partial charge in [0.1, 0.15) is 0 Å². The van der Waals surface area contributed by atoms with E-state index in [1.165, 1.54) is 5.56 Å². The van der Waals surface area contributed by atoms with Gasteiger partial charge in [0.25, 0.3) is 5.56 Å². The van der Waals surface area contributed by atoms with E-state index in [1.807, 2.05) is 56.3 Å². The number of H-pyrrole nitrogens is 1. The zero-order valence-corrected chi connectivity index (χ0v) is 13.0. The highest BCUT2D eigenvalue weighted by molar-refractivity contribution is 5.40. The van der Waals surface area contributed by atoms with Crippen LogP contribution in [0.3, 0.4) is 0 Å². The highest BCUT2D eigenvalue weighted by atomic mass is 16.1. The van der Waals surface area contributed by atoms with E-state index in [1.54, 1.807) is 4.68 Å². The normalized spacial score (nSPS) is 10.8. The van der Waals surface area contributed by atoms with Gasteiger partial charge in [-0.25, -0.2) is 4.68 Å². The first-order valence-corrected chi connectivity index (χ1v) is 7.57. The van der Waals surface area contributed by atoms with Crippen LogP contribution in [-0.4, -0.2) is 9.78 Å². The number of nitrogens with one attached hydrogen (secondary N) is 1. The van der Waals surface area contributed by atoms with Crippen molar-refractivity contribution < 1.29 is 0 Å². The van der Waals surface area contributed by atoms with Gasteiger partial charge in [0, 0.05) is 11.3 Å². The Hall–Kier alpha value is -2.55. The monoisotopic (exact) mass is 292 g/mol. The third-order valence-electron chi connectivity index (χ3n) is 4.06. The van der Waals surface area contributed by atoms with Gasteiger partial charge in [-0.1, -0.05) is 48.5 Å². The molecule has 0 fully saturated rings. The van der Waals surface area contributed by atoms with Crippen LogP contribution in [0.15, 0.2) is 59.4 Å². The number of benzene rings is 2. The Morgan fingerprint density at radius 1 is 0.909 bits per heavy atom. The summed E-state index contributed by atoms with van der Waals surface area (Å²) in [5.74, 6) is 0. The maximum absolute atomic E-state index is 12.7. The summed E-state index contributed by atoms with van der Waals surface area (Å²) in [6, 6.07) is 18.2. The van der Waals surface area contributed by atoms with Crippen molar-refractivity contribution in [1.29, 1.82) is 0 Å². The molecule has 0 aliphatic carbocycles. The van der Waals surface area contributed by atoms with Gasteiger partial charge in [0.05, 0.1) is 5.69 Å². The minimum absolute atomic E-state index is 0.0581. The number of aromatic amines is 1. The predicted octanol–water partition coefficient (Wildman–Crippen LogP) is 3.57. The lowest BCUT2D eigenvalue weighted by atomic mass is 10.1. The summed E-state index contributed by atoms with van der Waals surface area (Å²) in [7, 11) is 0. The number of rotatable bonds is 4. The van der Waals surface area contributed by atoms with E-state index < -0.39 is 0 Å². The molecular formula is C19H20N2O. The molecule has 0 aliphatic rings. The van der Waals surface area contributed by atoms with Gasteiger partial charge in [0.15, 0.2) is 0 Å². The number of aryl methyl sites for hydroxylation is 3. The molecule has 0 spiro atoms. The van der Waals surface area contributed by atoms with Gasteiger partial charge in [0.2, 0.25) is 0 Å². The van der Waals surface area contributed by atoms with Crippen LogP contribution in [0.1, 0.15) is 22.4 Å². The Bertz CT molecular complexity index is 828. The molecule has 0 bridgehead atoms. The van der Waals surface area contributed by atoms with E-state index in [4.69, 9.17) is 0 Å². The van der Waals surface area contributed by atoms with Gasteiger partial charge < -0.3 is 0 Å². The van der Waals surface area contributed by atoms with Crippen molar-refractivity contribution in [2.75, 3.05) is 0 Å². The fraction of sp³-hybridized carbons (Fsp3) is 0.211. The molecule has 0 atom stereocenters. The Labute approximate surface area is 130 Å². The van der Waals surface area contributed by atoms with Crippen molar-refractivity contribution in [2.45, 2.75) is 26.7 Å². The maximum atomic E-state index is 12.7. The molecule has 2 aromatic carbocycles. The number of para-hydroxylation sites is 1. The molecule has 3 nitrogen and oxygen atoms in total. The van der Waals surface area contributed by atoms with Crippen LogP contribution in [0, 0.1) is 13.8 Å². The van der Waals surface area contributed by atoms with Crippen LogP contribution in [0.4, 0.5) is 0 Å². The van der Waals surface area contributed by atoms with Crippen LogP contribution in [0.2, 0.25) is 0 Å². The average molecular weight is 292 g/mol. The quantitative estimate of drug-likeness (QED) is 0.784. The molecule has 3 rings (SSSR count). The first kappa shape index (κ1) is 14.4. The van der Waals surface area contributed by atoms with E-state index in [0.717, 1.165) is 35.3 Å². The fourth-order valence-electron chi connectivity index (χ4n) is 2.77. The second-order valence-corrected chi connectivity index (χ2v) is 5.63. The summed E-state index contributed by atoms with van der Waals surface area (Å²) in [5, 5.41) is 3.21. The van der Waals surface area contributed by atoms with E-state index in [9.17, 15) is 4.79 Å². The Kier molecular flexibility index (Phi) is 3.96. The van der Waals surface area contributed by atoms with E-state index >= 15 is 0 Å². The first-order chi connectivity index (χ1) is 10.7. The minimum atomic E-state index is 0.0581. The molecule has 112 valence electrons. The lowest BCUT2D eigenvalue weighted by Gasteiger charge is -2.04. The molecule has 0 unspecified atom stereocenters. The minimum Gasteiger partial charge on any atom is -0.295 e. The van der Waals surface area contributed by atoms with Gasteiger partial charge >= 0.3 is 0 Å². The van der Waals surface area contributed by atoms with Crippen molar-refractivity contribution in [1.82, 2.24) is 9.78 Å². The molecule has 1 N–H and O–H groups in total. The van der Waals surface area contributed by atoms with E-state index in [0.29, 0.717) is 0 Å². The summed E-state index contributed by atoms with van der Waals surface area (Å²) < 4.78 is 1.66. The molecule has 0 amide bonds.